The smallest absolute Gasteiger partial charge is 0.339 e. The molecule has 15 heteroatoms. The van der Waals surface area contributed by atoms with E-state index in [9.17, 15) is 39.3 Å². The Morgan fingerprint density at radius 2 is 1.53 bits per heavy atom. The first-order valence-corrected chi connectivity index (χ1v) is 20.6. The molecule has 3 N–H and O–H groups in total. The highest BCUT2D eigenvalue weighted by Gasteiger charge is 2.78. The number of fused-ring (bicyclic) bond motifs is 5. The maximum Gasteiger partial charge on any atom is 0.339 e. The van der Waals surface area contributed by atoms with Crippen molar-refractivity contribution in [1.29, 1.82) is 0 Å². The van der Waals surface area contributed by atoms with E-state index in [2.05, 4.69) is 0 Å². The number of ether oxygens (including phenoxy) is 5. The van der Waals surface area contributed by atoms with Crippen molar-refractivity contribution in [2.75, 3.05) is 6.61 Å². The maximum absolute atomic E-state index is 15.4. The average molecular weight is 845 g/mol. The van der Waals surface area contributed by atoms with Crippen LogP contribution in [0.25, 0.3) is 0 Å². The number of esters is 4. The van der Waals surface area contributed by atoms with Crippen LogP contribution in [-0.4, -0.2) is 105 Å². The number of Topliss-reactive ketones (excluding diaryl/α,β-unsaturated/α-hetero) is 2. The molecular formula is C45H48O14S. The van der Waals surface area contributed by atoms with Gasteiger partial charge in [0.25, 0.3) is 0 Å². The summed E-state index contributed by atoms with van der Waals surface area (Å²) in [6.45, 7) is 7.99. The van der Waals surface area contributed by atoms with Crippen molar-refractivity contribution < 1.29 is 67.8 Å². The second-order valence-corrected chi connectivity index (χ2v) is 17.7. The summed E-state index contributed by atoms with van der Waals surface area (Å²) in [5.74, 6) is -8.21. The number of thiophene rings is 1. The van der Waals surface area contributed by atoms with Gasteiger partial charge >= 0.3 is 23.9 Å². The Hall–Kier alpha value is -5.06. The van der Waals surface area contributed by atoms with Gasteiger partial charge in [0, 0.05) is 43.0 Å². The van der Waals surface area contributed by atoms with Crippen molar-refractivity contribution in [2.24, 2.45) is 16.7 Å². The van der Waals surface area contributed by atoms with Crippen molar-refractivity contribution in [2.45, 2.75) is 108 Å². The quantitative estimate of drug-likeness (QED) is 0.113. The summed E-state index contributed by atoms with van der Waals surface area (Å²) in [5.41, 5.74) is -7.00. The highest BCUT2D eigenvalue weighted by Crippen LogP contribution is 2.64. The van der Waals surface area contributed by atoms with Crippen LogP contribution < -0.4 is 0 Å². The van der Waals surface area contributed by atoms with E-state index in [1.807, 2.05) is 0 Å². The molecule has 2 heterocycles. The zero-order valence-corrected chi connectivity index (χ0v) is 34.8. The molecule has 3 aliphatic carbocycles. The molecule has 9 unspecified atom stereocenters. The van der Waals surface area contributed by atoms with Crippen LogP contribution in [0.4, 0.5) is 0 Å². The van der Waals surface area contributed by atoms with Crippen molar-refractivity contribution in [3.05, 3.63) is 105 Å². The fourth-order valence-electron chi connectivity index (χ4n) is 10.1. The van der Waals surface area contributed by atoms with Crippen LogP contribution in [0.1, 0.15) is 86.6 Å². The molecule has 0 radical (unpaired) electrons. The van der Waals surface area contributed by atoms with Crippen LogP contribution in [0.5, 0.6) is 0 Å². The third-order valence-corrected chi connectivity index (χ3v) is 13.9. The number of hydrogen-bond donors (Lipinski definition) is 3. The first-order chi connectivity index (χ1) is 28.3. The lowest BCUT2D eigenvalue weighted by atomic mass is 9.44. The minimum absolute atomic E-state index is 0.000637. The lowest BCUT2D eigenvalue weighted by Gasteiger charge is -2.67. The van der Waals surface area contributed by atoms with Gasteiger partial charge in [0.1, 0.15) is 23.9 Å². The first kappa shape index (κ1) is 43.0. The highest BCUT2D eigenvalue weighted by atomic mass is 32.1. The van der Waals surface area contributed by atoms with E-state index < -0.39 is 112 Å². The minimum atomic E-state index is -2.38. The van der Waals surface area contributed by atoms with Gasteiger partial charge in [0.05, 0.1) is 35.5 Å². The molecule has 1 aromatic heterocycles. The molecule has 318 valence electrons. The molecule has 60 heavy (non-hydrogen) atoms. The largest absolute Gasteiger partial charge is 0.456 e. The third kappa shape index (κ3) is 6.80. The van der Waals surface area contributed by atoms with Crippen LogP contribution in [0.2, 0.25) is 0 Å². The summed E-state index contributed by atoms with van der Waals surface area (Å²) in [4.78, 5) is 83.8. The van der Waals surface area contributed by atoms with E-state index in [0.29, 0.717) is 5.56 Å². The van der Waals surface area contributed by atoms with Gasteiger partial charge in [-0.25, -0.2) is 9.59 Å². The second kappa shape index (κ2) is 15.8. The lowest BCUT2D eigenvalue weighted by Crippen LogP contribution is -2.82. The van der Waals surface area contributed by atoms with Gasteiger partial charge < -0.3 is 39.0 Å². The summed E-state index contributed by atoms with van der Waals surface area (Å²) < 4.78 is 30.2. The number of aliphatic hydroxyl groups excluding tert-OH is 2. The fourth-order valence-corrected chi connectivity index (χ4v) is 10.7. The van der Waals surface area contributed by atoms with Crippen LogP contribution >= 0.6 is 11.3 Å². The van der Waals surface area contributed by atoms with Crippen LogP contribution in [0.3, 0.4) is 0 Å². The van der Waals surface area contributed by atoms with E-state index >= 15 is 4.79 Å². The predicted molar refractivity (Wildman–Crippen MR) is 212 cm³/mol. The number of rotatable bonds is 10. The molecule has 3 fully saturated rings. The molecule has 1 aliphatic heterocycles. The summed E-state index contributed by atoms with van der Waals surface area (Å²) in [5, 5.41) is 40.6. The number of aliphatic hydroxyl groups is 3. The van der Waals surface area contributed by atoms with E-state index in [0.717, 1.165) is 13.8 Å². The van der Waals surface area contributed by atoms with Gasteiger partial charge in [-0.15, -0.1) is 0 Å². The molecule has 2 bridgehead atoms. The Bertz CT molecular complexity index is 2220. The molecule has 4 aliphatic rings. The van der Waals surface area contributed by atoms with E-state index in [-0.39, 0.29) is 35.3 Å². The van der Waals surface area contributed by atoms with Crippen molar-refractivity contribution in [3.8, 4) is 0 Å². The summed E-state index contributed by atoms with van der Waals surface area (Å²) in [7, 11) is 0. The highest BCUT2D eigenvalue weighted by molar-refractivity contribution is 7.08. The predicted octanol–water partition coefficient (Wildman–Crippen LogP) is 4.29. The van der Waals surface area contributed by atoms with Gasteiger partial charge in [0.2, 0.25) is 0 Å². The topological polar surface area (TPSA) is 209 Å². The molecule has 11 atom stereocenters. The zero-order chi connectivity index (χ0) is 43.5. The first-order valence-electron chi connectivity index (χ1n) is 19.7. The lowest BCUT2D eigenvalue weighted by molar-refractivity contribution is -0.346. The Kier molecular flexibility index (Phi) is 11.3. The molecule has 0 spiro atoms. The second-order valence-electron chi connectivity index (χ2n) is 16.9. The van der Waals surface area contributed by atoms with Gasteiger partial charge in [-0.1, -0.05) is 74.5 Å². The van der Waals surface area contributed by atoms with Gasteiger partial charge in [0.15, 0.2) is 29.4 Å². The Labute approximate surface area is 350 Å². The molecule has 14 nitrogen and oxygen atoms in total. The fraction of sp³-hybridized carbons (Fsp3) is 0.467. The van der Waals surface area contributed by atoms with Gasteiger partial charge in [-0.2, -0.15) is 11.3 Å². The summed E-state index contributed by atoms with van der Waals surface area (Å²) in [6, 6.07) is 17.8. The van der Waals surface area contributed by atoms with E-state index in [1.54, 1.807) is 79.9 Å². The molecule has 3 aromatic rings. The van der Waals surface area contributed by atoms with Crippen LogP contribution in [0.15, 0.2) is 88.6 Å². The van der Waals surface area contributed by atoms with Crippen LogP contribution in [-0.2, 0) is 42.9 Å². The summed E-state index contributed by atoms with van der Waals surface area (Å²) in [6.07, 6.45) is -10.5. The Morgan fingerprint density at radius 1 is 0.883 bits per heavy atom. The zero-order valence-electron chi connectivity index (χ0n) is 34.0. The number of benzene rings is 2. The van der Waals surface area contributed by atoms with Gasteiger partial charge in [-0.3, -0.25) is 19.2 Å². The van der Waals surface area contributed by atoms with Crippen LogP contribution in [0, 0.1) is 16.7 Å². The molecule has 2 aromatic carbocycles. The van der Waals surface area contributed by atoms with Crippen molar-refractivity contribution in [3.63, 3.8) is 0 Å². The number of carbonyl (C=O) groups is 6. The standard InChI is InChI=1S/C45H48O14S/c1-23-29(57-41(53)35(50)32(26-13-9-7-10-14-26)34(49)27-15-11-8-12-16-27)20-45(54)39(58-40(52)28-17-18-60-21-28)37-43(6,30(48)19-31-44(37,22-55-31)59-25(3)47)38(51)36(56-24(2)46)33(23)42(45,4)5/h7-18,21,29-32,35-37,39,48,50,54H,19-20,22H2,1-6H3/t29?,30?,31?,32?,35?,36?,37?,39?,43-,44+,45?/m1/s1. The Balaban J connectivity index is 1.41. The number of carbonyl (C=O) groups excluding carboxylic acids is 6. The van der Waals surface area contributed by atoms with Crippen molar-refractivity contribution in [1.82, 2.24) is 0 Å². The van der Waals surface area contributed by atoms with E-state index in [1.165, 1.54) is 36.6 Å². The molecule has 0 amide bonds. The molecular weight excluding hydrogens is 797 g/mol. The maximum atomic E-state index is 15.4. The minimum Gasteiger partial charge on any atom is -0.456 e. The third-order valence-electron chi connectivity index (χ3n) is 13.2. The van der Waals surface area contributed by atoms with E-state index in [4.69, 9.17) is 23.7 Å². The van der Waals surface area contributed by atoms with Crippen molar-refractivity contribution >= 4 is 46.8 Å². The Morgan fingerprint density at radius 3 is 2.10 bits per heavy atom. The molecule has 2 saturated carbocycles. The number of hydrogen-bond acceptors (Lipinski definition) is 15. The molecule has 7 rings (SSSR count). The SMILES string of the molecule is CC(=O)OC1C(=O)[C@]2(C)C(O)CC3OC[C@@]3(OC(C)=O)C2C(OC(=O)c2ccsc2)C2(O)CC(OC(=O)C(O)C(C(=O)c3ccccc3)c3ccccc3)C(C)=C1C2(C)C. The summed E-state index contributed by atoms with van der Waals surface area (Å²) >= 11 is 1.21. The monoisotopic (exact) mass is 844 g/mol. The molecule has 1 saturated heterocycles. The normalized spacial score (nSPS) is 32.6. The van der Waals surface area contributed by atoms with Gasteiger partial charge in [-0.05, 0) is 42.0 Å². The average Bonchev–Trinajstić information content (AvgIpc) is 3.75. The number of ketones is 2.